The van der Waals surface area contributed by atoms with E-state index in [9.17, 15) is 14.4 Å². The number of rotatable bonds is 7. The van der Waals surface area contributed by atoms with E-state index in [-0.39, 0.29) is 18.3 Å². The van der Waals surface area contributed by atoms with E-state index in [0.717, 1.165) is 5.56 Å². The highest BCUT2D eigenvalue weighted by Gasteiger charge is 2.07. The smallest absolute Gasteiger partial charge is 0.337 e. The molecule has 2 rings (SSSR count). The summed E-state index contributed by atoms with van der Waals surface area (Å²) < 4.78 is 10.0. The number of amides is 1. The van der Waals surface area contributed by atoms with Crippen molar-refractivity contribution in [3.05, 3.63) is 65.2 Å². The summed E-state index contributed by atoms with van der Waals surface area (Å²) >= 11 is 0. The number of esters is 1. The molecule has 0 aliphatic heterocycles. The summed E-state index contributed by atoms with van der Waals surface area (Å²) in [7, 11) is 1.32. The van der Waals surface area contributed by atoms with E-state index in [1.165, 1.54) is 14.0 Å². The number of nitrogens with one attached hydrogen (secondary N) is 1. The van der Waals surface area contributed by atoms with E-state index >= 15 is 0 Å². The van der Waals surface area contributed by atoms with E-state index in [4.69, 9.17) is 4.74 Å². The van der Waals surface area contributed by atoms with Crippen LogP contribution in [0.1, 0.15) is 33.2 Å². The quantitative estimate of drug-likeness (QED) is 0.618. The second-order valence-corrected chi connectivity index (χ2v) is 5.34. The minimum Gasteiger partial charge on any atom is -0.484 e. The molecule has 0 fully saturated rings. The van der Waals surface area contributed by atoms with Gasteiger partial charge in [0.25, 0.3) is 5.91 Å². The fourth-order valence-electron chi connectivity index (χ4n) is 2.08. The molecule has 0 aromatic heterocycles. The average Bonchev–Trinajstić information content (AvgIpc) is 2.64. The molecular weight excluding hydrogens is 322 g/mol. The first-order valence-electron chi connectivity index (χ1n) is 7.67. The Morgan fingerprint density at radius 1 is 1.00 bits per heavy atom. The zero-order valence-corrected chi connectivity index (χ0v) is 14.1. The molecule has 0 radical (unpaired) electrons. The molecule has 0 saturated carbocycles. The lowest BCUT2D eigenvalue weighted by Crippen LogP contribution is -2.28. The minimum atomic E-state index is -0.406. The standard InChI is InChI=1S/C19H19NO5/c1-13(21)16-4-3-5-17(10-16)25-12-18(22)20-11-14-6-8-15(9-7-14)19(23)24-2/h3-10H,11-12H2,1-2H3,(H,20,22). The van der Waals surface area contributed by atoms with Crippen LogP contribution in [-0.4, -0.2) is 31.4 Å². The van der Waals surface area contributed by atoms with Crippen LogP contribution in [-0.2, 0) is 16.1 Å². The van der Waals surface area contributed by atoms with Crippen LogP contribution in [0.3, 0.4) is 0 Å². The number of hydrogen-bond donors (Lipinski definition) is 1. The molecule has 130 valence electrons. The molecule has 0 spiro atoms. The van der Waals surface area contributed by atoms with Crippen LogP contribution >= 0.6 is 0 Å². The van der Waals surface area contributed by atoms with Gasteiger partial charge in [-0.15, -0.1) is 0 Å². The molecule has 25 heavy (non-hydrogen) atoms. The van der Waals surface area contributed by atoms with Gasteiger partial charge in [0.05, 0.1) is 12.7 Å². The van der Waals surface area contributed by atoms with Crippen LogP contribution in [0.15, 0.2) is 48.5 Å². The van der Waals surface area contributed by atoms with Crippen molar-refractivity contribution in [2.24, 2.45) is 0 Å². The Morgan fingerprint density at radius 3 is 2.36 bits per heavy atom. The number of Topliss-reactive ketones (excluding diaryl/α,β-unsaturated/α-hetero) is 1. The number of ketones is 1. The van der Waals surface area contributed by atoms with Gasteiger partial charge >= 0.3 is 5.97 Å². The van der Waals surface area contributed by atoms with Crippen molar-refractivity contribution >= 4 is 17.7 Å². The number of methoxy groups -OCH3 is 1. The monoisotopic (exact) mass is 341 g/mol. The molecule has 0 aliphatic carbocycles. The third kappa shape index (κ3) is 5.46. The van der Waals surface area contributed by atoms with E-state index in [2.05, 4.69) is 10.1 Å². The van der Waals surface area contributed by atoms with Crippen LogP contribution in [0.2, 0.25) is 0 Å². The van der Waals surface area contributed by atoms with Crippen molar-refractivity contribution < 1.29 is 23.9 Å². The molecule has 2 aromatic rings. The predicted molar refractivity (Wildman–Crippen MR) is 91.6 cm³/mol. The molecule has 0 aliphatic rings. The van der Waals surface area contributed by atoms with Gasteiger partial charge < -0.3 is 14.8 Å². The van der Waals surface area contributed by atoms with E-state index in [1.54, 1.807) is 48.5 Å². The lowest BCUT2D eigenvalue weighted by Gasteiger charge is -2.08. The first kappa shape index (κ1) is 18.2. The second kappa shape index (κ2) is 8.63. The number of hydrogen-bond acceptors (Lipinski definition) is 5. The molecule has 0 unspecified atom stereocenters. The first-order valence-corrected chi connectivity index (χ1v) is 7.67. The topological polar surface area (TPSA) is 81.7 Å². The van der Waals surface area contributed by atoms with Crippen molar-refractivity contribution in [3.8, 4) is 5.75 Å². The van der Waals surface area contributed by atoms with Gasteiger partial charge in [0.1, 0.15) is 5.75 Å². The summed E-state index contributed by atoms with van der Waals surface area (Å²) in [4.78, 5) is 34.5. The van der Waals surface area contributed by atoms with Crippen LogP contribution < -0.4 is 10.1 Å². The Morgan fingerprint density at radius 2 is 1.72 bits per heavy atom. The number of benzene rings is 2. The minimum absolute atomic E-state index is 0.0645. The maximum absolute atomic E-state index is 11.9. The molecule has 2 aromatic carbocycles. The van der Waals surface area contributed by atoms with Crippen molar-refractivity contribution in [3.63, 3.8) is 0 Å². The molecule has 1 N–H and O–H groups in total. The SMILES string of the molecule is COC(=O)c1ccc(CNC(=O)COc2cccc(C(C)=O)c2)cc1. The molecule has 6 heteroatoms. The van der Waals surface area contributed by atoms with Crippen LogP contribution in [0.5, 0.6) is 5.75 Å². The van der Waals surface area contributed by atoms with Gasteiger partial charge in [0.2, 0.25) is 0 Å². The fraction of sp³-hybridized carbons (Fsp3) is 0.211. The van der Waals surface area contributed by atoms with Crippen LogP contribution in [0.25, 0.3) is 0 Å². The zero-order chi connectivity index (χ0) is 18.2. The molecule has 0 heterocycles. The Kier molecular flexibility index (Phi) is 6.28. The molecule has 1 amide bonds. The second-order valence-electron chi connectivity index (χ2n) is 5.34. The lowest BCUT2D eigenvalue weighted by molar-refractivity contribution is -0.123. The van der Waals surface area contributed by atoms with Gasteiger partial charge in [-0.25, -0.2) is 4.79 Å². The van der Waals surface area contributed by atoms with Gasteiger partial charge in [0, 0.05) is 12.1 Å². The molecular formula is C19H19NO5. The Hall–Kier alpha value is -3.15. The first-order chi connectivity index (χ1) is 12.0. The zero-order valence-electron chi connectivity index (χ0n) is 14.1. The summed E-state index contributed by atoms with van der Waals surface area (Å²) in [6, 6.07) is 13.4. The summed E-state index contributed by atoms with van der Waals surface area (Å²) in [6.45, 7) is 1.63. The highest BCUT2D eigenvalue weighted by molar-refractivity contribution is 5.94. The molecule has 0 bridgehead atoms. The predicted octanol–water partition coefficient (Wildman–Crippen LogP) is 2.37. The normalized spacial score (nSPS) is 10.0. The van der Waals surface area contributed by atoms with E-state index < -0.39 is 5.97 Å². The Balaban J connectivity index is 1.81. The number of carbonyl (C=O) groups is 3. The van der Waals surface area contributed by atoms with Gasteiger partial charge in [-0.1, -0.05) is 24.3 Å². The maximum Gasteiger partial charge on any atom is 0.337 e. The fourth-order valence-corrected chi connectivity index (χ4v) is 2.08. The van der Waals surface area contributed by atoms with E-state index in [1.807, 2.05) is 0 Å². The largest absolute Gasteiger partial charge is 0.484 e. The highest BCUT2D eigenvalue weighted by atomic mass is 16.5. The van der Waals surface area contributed by atoms with E-state index in [0.29, 0.717) is 23.4 Å². The number of ether oxygens (including phenoxy) is 2. The van der Waals surface area contributed by atoms with Crippen LogP contribution in [0.4, 0.5) is 0 Å². The number of carbonyl (C=O) groups excluding carboxylic acids is 3. The Bertz CT molecular complexity index is 768. The summed E-state index contributed by atoms with van der Waals surface area (Å²) in [6.07, 6.45) is 0. The summed E-state index contributed by atoms with van der Waals surface area (Å²) in [5, 5.41) is 2.72. The summed E-state index contributed by atoms with van der Waals surface area (Å²) in [5.41, 5.74) is 1.83. The van der Waals surface area contributed by atoms with Crippen molar-refractivity contribution in [2.75, 3.05) is 13.7 Å². The van der Waals surface area contributed by atoms with Gasteiger partial charge in [-0.05, 0) is 36.8 Å². The third-order valence-electron chi connectivity index (χ3n) is 3.48. The maximum atomic E-state index is 11.9. The van der Waals surface area contributed by atoms with Crippen LogP contribution in [0, 0.1) is 0 Å². The Labute approximate surface area is 145 Å². The average molecular weight is 341 g/mol. The lowest BCUT2D eigenvalue weighted by atomic mass is 10.1. The third-order valence-corrected chi connectivity index (χ3v) is 3.48. The molecule has 0 saturated heterocycles. The van der Waals surface area contributed by atoms with Crippen molar-refractivity contribution in [1.29, 1.82) is 0 Å². The van der Waals surface area contributed by atoms with Crippen molar-refractivity contribution in [1.82, 2.24) is 5.32 Å². The van der Waals surface area contributed by atoms with Gasteiger partial charge in [-0.2, -0.15) is 0 Å². The summed E-state index contributed by atoms with van der Waals surface area (Å²) in [5.74, 6) is -0.294. The molecule has 0 atom stereocenters. The van der Waals surface area contributed by atoms with Gasteiger partial charge in [0.15, 0.2) is 12.4 Å². The van der Waals surface area contributed by atoms with Crippen molar-refractivity contribution in [2.45, 2.75) is 13.5 Å². The van der Waals surface area contributed by atoms with Gasteiger partial charge in [-0.3, -0.25) is 9.59 Å². The highest BCUT2D eigenvalue weighted by Crippen LogP contribution is 2.13. The molecule has 6 nitrogen and oxygen atoms in total.